The van der Waals surface area contributed by atoms with Crippen molar-refractivity contribution in [2.75, 3.05) is 11.9 Å². The summed E-state index contributed by atoms with van der Waals surface area (Å²) in [5, 5.41) is 30.5. The second kappa shape index (κ2) is 12.8. The fourth-order valence-corrected chi connectivity index (χ4v) is 4.72. The van der Waals surface area contributed by atoms with Gasteiger partial charge in [0, 0.05) is 12.6 Å². The maximum Gasteiger partial charge on any atom is 0.413 e. The first kappa shape index (κ1) is 30.3. The maximum absolute atomic E-state index is 14.4. The number of aliphatic carboxylic acids is 1. The monoisotopic (exact) mass is 561 g/mol. The summed E-state index contributed by atoms with van der Waals surface area (Å²) in [5.74, 6) is -2.09. The molecule has 2 aliphatic rings. The van der Waals surface area contributed by atoms with E-state index in [-0.39, 0.29) is 6.42 Å². The third-order valence-electron chi connectivity index (χ3n) is 7.06. The Balaban J connectivity index is 1.60. The molecule has 6 N–H and O–H groups in total. The minimum Gasteiger partial charge on any atom is -0.478 e. The molecular formula is C23H33F2N5O9. The number of hydrazine groups is 1. The first-order valence-electron chi connectivity index (χ1n) is 12.5. The van der Waals surface area contributed by atoms with E-state index in [1.807, 2.05) is 5.32 Å². The molecule has 2 heterocycles. The number of anilines is 1. The fraction of sp³-hybridized carbons (Fsp3) is 0.696. The van der Waals surface area contributed by atoms with Crippen LogP contribution in [0.15, 0.2) is 17.1 Å². The Labute approximate surface area is 221 Å². The number of halogens is 2. The van der Waals surface area contributed by atoms with Gasteiger partial charge < -0.3 is 24.8 Å². The van der Waals surface area contributed by atoms with Gasteiger partial charge >= 0.3 is 23.7 Å². The Kier molecular flexibility index (Phi) is 9.93. The Morgan fingerprint density at radius 1 is 1.31 bits per heavy atom. The van der Waals surface area contributed by atoms with Gasteiger partial charge in [-0.05, 0) is 25.3 Å². The highest BCUT2D eigenvalue weighted by Crippen LogP contribution is 2.43. The summed E-state index contributed by atoms with van der Waals surface area (Å²) in [6.07, 6.45) is -0.797. The molecule has 3 rings (SSSR count). The van der Waals surface area contributed by atoms with Gasteiger partial charge in [0.2, 0.25) is 18.2 Å². The number of carboxylic acid groups (broad SMARTS) is 1. The molecule has 14 nitrogen and oxygen atoms in total. The average Bonchev–Trinajstić information content (AvgIpc) is 3.20. The molecule has 0 aromatic carbocycles. The molecule has 16 heteroatoms. The van der Waals surface area contributed by atoms with Crippen molar-refractivity contribution in [2.24, 2.45) is 17.7 Å². The van der Waals surface area contributed by atoms with E-state index in [1.54, 1.807) is 0 Å². The van der Waals surface area contributed by atoms with Gasteiger partial charge in [0.25, 0.3) is 0 Å². The van der Waals surface area contributed by atoms with E-state index < -0.39 is 72.6 Å². The molecule has 1 unspecified atom stereocenters. The van der Waals surface area contributed by atoms with Crippen LogP contribution in [0.4, 0.5) is 19.4 Å². The highest BCUT2D eigenvalue weighted by molar-refractivity contribution is 5.86. The van der Waals surface area contributed by atoms with E-state index >= 15 is 0 Å². The van der Waals surface area contributed by atoms with Crippen LogP contribution < -0.4 is 16.8 Å². The molecule has 4 atom stereocenters. The molecule has 1 aliphatic carbocycles. The van der Waals surface area contributed by atoms with Crippen LogP contribution in [0.25, 0.3) is 0 Å². The SMILES string of the molecule is C[C@@H]([C@H](OC(=O)Nc1ccn(C2OC[C@H](C(O)O)C2(F)F)c(=O)n1)C(=O)O)N(N)C(=O)CCC1CCCCC1. The lowest BCUT2D eigenvalue weighted by Crippen LogP contribution is -2.53. The molecule has 39 heavy (non-hydrogen) atoms. The number of aliphatic hydroxyl groups excluding tert-OH is 1. The number of carbonyl (C=O) groups excluding carboxylic acids is 2. The summed E-state index contributed by atoms with van der Waals surface area (Å²) < 4.78 is 39.1. The van der Waals surface area contributed by atoms with Crippen LogP contribution in [0.1, 0.15) is 58.1 Å². The van der Waals surface area contributed by atoms with Crippen molar-refractivity contribution in [2.45, 2.75) is 82.5 Å². The van der Waals surface area contributed by atoms with Gasteiger partial charge in [-0.3, -0.25) is 19.7 Å². The van der Waals surface area contributed by atoms with Crippen molar-refractivity contribution < 1.29 is 48.0 Å². The van der Waals surface area contributed by atoms with E-state index in [0.29, 0.717) is 21.9 Å². The summed E-state index contributed by atoms with van der Waals surface area (Å²) in [7, 11) is 0. The van der Waals surface area contributed by atoms with Crippen molar-refractivity contribution in [3.05, 3.63) is 22.7 Å². The molecule has 1 aromatic rings. The van der Waals surface area contributed by atoms with Crippen molar-refractivity contribution in [3.63, 3.8) is 0 Å². The summed E-state index contributed by atoms with van der Waals surface area (Å²) in [5.41, 5.74) is -1.27. The van der Waals surface area contributed by atoms with Crippen LogP contribution >= 0.6 is 0 Å². The molecule has 1 saturated heterocycles. The van der Waals surface area contributed by atoms with Crippen LogP contribution in [0, 0.1) is 11.8 Å². The number of aromatic nitrogens is 2. The van der Waals surface area contributed by atoms with E-state index in [9.17, 15) is 33.1 Å². The van der Waals surface area contributed by atoms with Crippen molar-refractivity contribution in [1.29, 1.82) is 0 Å². The molecule has 1 saturated carbocycles. The van der Waals surface area contributed by atoms with Crippen molar-refractivity contribution in [3.8, 4) is 0 Å². The van der Waals surface area contributed by atoms with E-state index in [1.165, 1.54) is 13.3 Å². The number of hydrogen-bond donors (Lipinski definition) is 5. The lowest BCUT2D eigenvalue weighted by molar-refractivity contribution is -0.178. The number of amides is 2. The molecule has 0 radical (unpaired) electrons. The first-order chi connectivity index (χ1) is 18.3. The summed E-state index contributed by atoms with van der Waals surface area (Å²) >= 11 is 0. The van der Waals surface area contributed by atoms with Crippen LogP contribution in [-0.2, 0) is 19.1 Å². The van der Waals surface area contributed by atoms with Gasteiger partial charge in [0.1, 0.15) is 11.7 Å². The molecule has 2 fully saturated rings. The molecular weight excluding hydrogens is 528 g/mol. The van der Waals surface area contributed by atoms with E-state index in [2.05, 4.69) is 4.98 Å². The Hall–Kier alpha value is -3.21. The number of rotatable bonds is 10. The predicted molar refractivity (Wildman–Crippen MR) is 128 cm³/mol. The highest BCUT2D eigenvalue weighted by atomic mass is 19.3. The third-order valence-corrected chi connectivity index (χ3v) is 7.06. The number of carboxylic acids is 1. The lowest BCUT2D eigenvalue weighted by atomic mass is 9.86. The van der Waals surface area contributed by atoms with Gasteiger partial charge in [-0.2, -0.15) is 4.98 Å². The average molecular weight is 562 g/mol. The number of nitrogens with one attached hydrogen (secondary N) is 1. The van der Waals surface area contributed by atoms with Gasteiger partial charge in [0.05, 0.1) is 12.6 Å². The summed E-state index contributed by atoms with van der Waals surface area (Å²) in [6.45, 7) is 0.562. The number of hydrogen-bond acceptors (Lipinski definition) is 10. The summed E-state index contributed by atoms with van der Waals surface area (Å²) in [4.78, 5) is 52.4. The lowest BCUT2D eigenvalue weighted by Gasteiger charge is -2.29. The van der Waals surface area contributed by atoms with E-state index in [0.717, 1.165) is 37.9 Å². The molecule has 218 valence electrons. The Morgan fingerprint density at radius 3 is 2.54 bits per heavy atom. The standard InChI is InChI=1S/C23H33F2N5O9/c1-12(30(26)16(31)8-7-13-5-3-2-4-6-13)17(19(34)35)39-22(37)28-15-9-10-29(21(36)27-15)20-23(24,25)14(11-38-20)18(32)33/h9-10,12-14,17-18,20,32-33H,2-8,11,26H2,1H3,(H,34,35)(H,27,28,36,37)/t12-,14+,17-,20?/m0/s1. The van der Waals surface area contributed by atoms with E-state index in [4.69, 9.17) is 25.5 Å². The van der Waals surface area contributed by atoms with Crippen LogP contribution in [0.3, 0.4) is 0 Å². The molecule has 1 aliphatic heterocycles. The smallest absolute Gasteiger partial charge is 0.413 e. The van der Waals surface area contributed by atoms with Gasteiger partial charge in [-0.1, -0.05) is 32.1 Å². The third kappa shape index (κ3) is 7.26. The zero-order valence-electron chi connectivity index (χ0n) is 21.2. The number of nitrogens with zero attached hydrogens (tertiary/aromatic N) is 3. The number of aliphatic hydroxyl groups is 2. The molecule has 2 amide bonds. The van der Waals surface area contributed by atoms with Gasteiger partial charge in [0.15, 0.2) is 6.29 Å². The Morgan fingerprint density at radius 2 is 1.97 bits per heavy atom. The Bertz CT molecular complexity index is 1100. The topological polar surface area (TPSA) is 207 Å². The minimum atomic E-state index is -3.82. The quantitative estimate of drug-likeness (QED) is 0.117. The van der Waals surface area contributed by atoms with Crippen LogP contribution in [0.5, 0.6) is 0 Å². The van der Waals surface area contributed by atoms with Gasteiger partial charge in [-0.15, -0.1) is 0 Å². The van der Waals surface area contributed by atoms with Gasteiger partial charge in [-0.25, -0.2) is 29.0 Å². The molecule has 1 aromatic heterocycles. The zero-order chi connectivity index (χ0) is 28.9. The largest absolute Gasteiger partial charge is 0.478 e. The van der Waals surface area contributed by atoms with Crippen LogP contribution in [0.2, 0.25) is 0 Å². The number of nitrogens with two attached hydrogens (primary N) is 1. The maximum atomic E-state index is 14.4. The number of ether oxygens (including phenoxy) is 2. The van der Waals surface area contributed by atoms with Crippen molar-refractivity contribution >= 4 is 23.8 Å². The number of alkyl halides is 2. The molecule has 0 spiro atoms. The highest BCUT2D eigenvalue weighted by Gasteiger charge is 2.57. The summed E-state index contributed by atoms with van der Waals surface area (Å²) in [6, 6.07) is -0.293. The minimum absolute atomic E-state index is 0.117. The predicted octanol–water partition coefficient (Wildman–Crippen LogP) is 0.787. The van der Waals surface area contributed by atoms with Crippen LogP contribution in [-0.4, -0.2) is 78.8 Å². The first-order valence-corrected chi connectivity index (χ1v) is 12.5. The second-order valence-electron chi connectivity index (χ2n) is 9.76. The fourth-order valence-electron chi connectivity index (χ4n) is 4.72. The second-order valence-corrected chi connectivity index (χ2v) is 9.76. The van der Waals surface area contributed by atoms with Crippen molar-refractivity contribution in [1.82, 2.24) is 14.6 Å². The zero-order valence-corrected chi connectivity index (χ0v) is 21.2. The normalized spacial score (nSPS) is 22.7. The molecule has 0 bridgehead atoms. The number of carbonyl (C=O) groups is 3.